The van der Waals surface area contributed by atoms with Crippen LogP contribution in [0.25, 0.3) is 0 Å². The largest absolute Gasteiger partial charge is 0.340 e. The summed E-state index contributed by atoms with van der Waals surface area (Å²) in [5.41, 5.74) is 0.912. The molecule has 0 aliphatic heterocycles. The Labute approximate surface area is 86.0 Å². The lowest BCUT2D eigenvalue weighted by Crippen LogP contribution is -1.94. The molecule has 14 heavy (non-hydrogen) atoms. The molecular formula is C9H7ClN4. The number of pyridine rings is 1. The summed E-state index contributed by atoms with van der Waals surface area (Å²) in [6, 6.07) is 5.43. The Balaban J connectivity index is 2.19. The Morgan fingerprint density at radius 2 is 1.86 bits per heavy atom. The summed E-state index contributed by atoms with van der Waals surface area (Å²) in [7, 11) is 0. The normalized spacial score (nSPS) is 9.79. The second-order valence-electron chi connectivity index (χ2n) is 2.57. The summed E-state index contributed by atoms with van der Waals surface area (Å²) >= 11 is 5.64. The lowest BCUT2D eigenvalue weighted by Gasteiger charge is -2.03. The van der Waals surface area contributed by atoms with Crippen LogP contribution in [0.5, 0.6) is 0 Å². The molecule has 0 radical (unpaired) electrons. The molecule has 0 bridgehead atoms. The zero-order valence-electron chi connectivity index (χ0n) is 7.18. The van der Waals surface area contributed by atoms with Gasteiger partial charge in [0.2, 0.25) is 5.28 Å². The van der Waals surface area contributed by atoms with Gasteiger partial charge in [-0.05, 0) is 29.8 Å². The Morgan fingerprint density at radius 3 is 2.57 bits per heavy atom. The van der Waals surface area contributed by atoms with Crippen molar-refractivity contribution in [2.24, 2.45) is 0 Å². The summed E-state index contributed by atoms with van der Waals surface area (Å²) < 4.78 is 0. The van der Waals surface area contributed by atoms with Crippen molar-refractivity contribution in [3.63, 3.8) is 0 Å². The predicted molar refractivity (Wildman–Crippen MR) is 54.6 cm³/mol. The van der Waals surface area contributed by atoms with E-state index in [1.54, 1.807) is 24.7 Å². The second-order valence-corrected chi connectivity index (χ2v) is 2.91. The number of anilines is 2. The molecule has 2 rings (SSSR count). The van der Waals surface area contributed by atoms with Crippen LogP contribution in [-0.2, 0) is 0 Å². The third-order valence-electron chi connectivity index (χ3n) is 1.58. The Bertz CT molecular complexity index is 418. The van der Waals surface area contributed by atoms with E-state index in [9.17, 15) is 0 Å². The first kappa shape index (κ1) is 8.90. The summed E-state index contributed by atoms with van der Waals surface area (Å²) in [5.74, 6) is 0.663. The maximum Gasteiger partial charge on any atom is 0.224 e. The molecule has 0 amide bonds. The van der Waals surface area contributed by atoms with E-state index in [4.69, 9.17) is 11.6 Å². The number of aromatic nitrogens is 3. The van der Waals surface area contributed by atoms with Gasteiger partial charge in [0.1, 0.15) is 5.82 Å². The van der Waals surface area contributed by atoms with Gasteiger partial charge in [-0.3, -0.25) is 4.98 Å². The highest BCUT2D eigenvalue weighted by atomic mass is 35.5. The van der Waals surface area contributed by atoms with E-state index in [1.807, 2.05) is 12.1 Å². The first-order chi connectivity index (χ1) is 6.84. The molecule has 70 valence electrons. The van der Waals surface area contributed by atoms with Gasteiger partial charge in [0.15, 0.2) is 0 Å². The molecule has 0 aliphatic rings. The minimum atomic E-state index is 0.226. The van der Waals surface area contributed by atoms with E-state index in [1.165, 1.54) is 0 Å². The SMILES string of the molecule is Clc1nccc(Nc2ccncc2)n1. The van der Waals surface area contributed by atoms with Crippen LogP contribution in [0.4, 0.5) is 11.5 Å². The van der Waals surface area contributed by atoms with Gasteiger partial charge in [-0.1, -0.05) is 0 Å². The second kappa shape index (κ2) is 4.02. The Morgan fingerprint density at radius 1 is 1.07 bits per heavy atom. The summed E-state index contributed by atoms with van der Waals surface area (Å²) in [5, 5.41) is 3.30. The van der Waals surface area contributed by atoms with Crippen LogP contribution < -0.4 is 5.32 Å². The molecule has 0 saturated heterocycles. The van der Waals surface area contributed by atoms with E-state index in [0.29, 0.717) is 5.82 Å². The molecule has 5 heteroatoms. The zero-order chi connectivity index (χ0) is 9.80. The molecule has 0 unspecified atom stereocenters. The van der Waals surface area contributed by atoms with E-state index in [0.717, 1.165) is 5.69 Å². The van der Waals surface area contributed by atoms with Crippen molar-refractivity contribution in [1.82, 2.24) is 15.0 Å². The molecule has 2 aromatic rings. The first-order valence-corrected chi connectivity index (χ1v) is 4.38. The molecule has 1 N–H and O–H groups in total. The first-order valence-electron chi connectivity index (χ1n) is 4.00. The lowest BCUT2D eigenvalue weighted by molar-refractivity contribution is 1.17. The molecular weight excluding hydrogens is 200 g/mol. The summed E-state index contributed by atoms with van der Waals surface area (Å²) in [6.45, 7) is 0. The van der Waals surface area contributed by atoms with Gasteiger partial charge < -0.3 is 5.32 Å². The number of nitrogens with one attached hydrogen (secondary N) is 1. The molecule has 0 spiro atoms. The van der Waals surface area contributed by atoms with Gasteiger partial charge in [0.05, 0.1) is 0 Å². The van der Waals surface area contributed by atoms with Crippen molar-refractivity contribution >= 4 is 23.1 Å². The van der Waals surface area contributed by atoms with Crippen LogP contribution in [0.2, 0.25) is 5.28 Å². The van der Waals surface area contributed by atoms with Crippen molar-refractivity contribution in [3.8, 4) is 0 Å². The lowest BCUT2D eigenvalue weighted by atomic mass is 10.4. The molecule has 4 nitrogen and oxygen atoms in total. The average Bonchev–Trinajstić information content (AvgIpc) is 2.19. The Hall–Kier alpha value is -1.68. The fraction of sp³-hybridized carbons (Fsp3) is 0. The quantitative estimate of drug-likeness (QED) is 0.766. The van der Waals surface area contributed by atoms with E-state index in [2.05, 4.69) is 20.3 Å². The molecule has 0 aliphatic carbocycles. The standard InChI is InChI=1S/C9H7ClN4/c10-9-12-6-3-8(14-9)13-7-1-4-11-5-2-7/h1-6H,(H,11,12,13,14). The number of hydrogen-bond donors (Lipinski definition) is 1. The fourth-order valence-electron chi connectivity index (χ4n) is 0.988. The van der Waals surface area contributed by atoms with Crippen LogP contribution in [0.1, 0.15) is 0 Å². The fourth-order valence-corrected chi connectivity index (χ4v) is 1.14. The van der Waals surface area contributed by atoms with E-state index in [-0.39, 0.29) is 5.28 Å². The number of halogens is 1. The molecule has 0 aromatic carbocycles. The van der Waals surface area contributed by atoms with Crippen LogP contribution in [0.3, 0.4) is 0 Å². The van der Waals surface area contributed by atoms with Crippen molar-refractivity contribution in [3.05, 3.63) is 42.1 Å². The van der Waals surface area contributed by atoms with Crippen LogP contribution in [0, 0.1) is 0 Å². The van der Waals surface area contributed by atoms with E-state index < -0.39 is 0 Å². The smallest absolute Gasteiger partial charge is 0.224 e. The van der Waals surface area contributed by atoms with Crippen molar-refractivity contribution in [2.45, 2.75) is 0 Å². The minimum Gasteiger partial charge on any atom is -0.340 e. The number of rotatable bonds is 2. The van der Waals surface area contributed by atoms with Gasteiger partial charge in [0, 0.05) is 24.3 Å². The van der Waals surface area contributed by atoms with Crippen molar-refractivity contribution in [2.75, 3.05) is 5.32 Å². The molecule has 0 fully saturated rings. The summed E-state index contributed by atoms with van der Waals surface area (Å²) in [4.78, 5) is 11.7. The predicted octanol–water partition coefficient (Wildman–Crippen LogP) is 2.27. The number of nitrogens with zero attached hydrogens (tertiary/aromatic N) is 3. The van der Waals surface area contributed by atoms with Gasteiger partial charge in [-0.25, -0.2) is 9.97 Å². The van der Waals surface area contributed by atoms with Crippen LogP contribution in [0.15, 0.2) is 36.8 Å². The van der Waals surface area contributed by atoms with Crippen molar-refractivity contribution in [1.29, 1.82) is 0 Å². The Kier molecular flexibility index (Phi) is 2.55. The highest BCUT2D eigenvalue weighted by molar-refractivity contribution is 6.28. The third-order valence-corrected chi connectivity index (χ3v) is 1.76. The maximum atomic E-state index is 5.64. The maximum absolute atomic E-state index is 5.64. The van der Waals surface area contributed by atoms with Gasteiger partial charge in [-0.15, -0.1) is 0 Å². The van der Waals surface area contributed by atoms with Gasteiger partial charge in [0.25, 0.3) is 0 Å². The average molecular weight is 207 g/mol. The molecule has 0 saturated carbocycles. The monoisotopic (exact) mass is 206 g/mol. The van der Waals surface area contributed by atoms with E-state index >= 15 is 0 Å². The third kappa shape index (κ3) is 2.17. The summed E-state index contributed by atoms with van der Waals surface area (Å²) in [6.07, 6.45) is 5.00. The topological polar surface area (TPSA) is 50.7 Å². The molecule has 2 heterocycles. The highest BCUT2D eigenvalue weighted by Crippen LogP contribution is 2.13. The zero-order valence-corrected chi connectivity index (χ0v) is 7.94. The molecule has 2 aromatic heterocycles. The van der Waals surface area contributed by atoms with Crippen LogP contribution in [-0.4, -0.2) is 15.0 Å². The van der Waals surface area contributed by atoms with Gasteiger partial charge >= 0.3 is 0 Å². The molecule has 0 atom stereocenters. The van der Waals surface area contributed by atoms with Crippen LogP contribution >= 0.6 is 11.6 Å². The highest BCUT2D eigenvalue weighted by Gasteiger charge is 1.96. The van der Waals surface area contributed by atoms with Gasteiger partial charge in [-0.2, -0.15) is 0 Å². The number of hydrogen-bond acceptors (Lipinski definition) is 4. The van der Waals surface area contributed by atoms with Crippen molar-refractivity contribution < 1.29 is 0 Å². The minimum absolute atomic E-state index is 0.226.